The van der Waals surface area contributed by atoms with Crippen molar-refractivity contribution < 1.29 is 19.4 Å². The van der Waals surface area contributed by atoms with E-state index in [1.54, 1.807) is 48.7 Å². The minimum atomic E-state index is -0.868. The van der Waals surface area contributed by atoms with Crippen LogP contribution >= 0.6 is 0 Å². The largest absolute Gasteiger partial charge is 0.507 e. The van der Waals surface area contributed by atoms with Gasteiger partial charge in [0.15, 0.2) is 0 Å². The lowest BCUT2D eigenvalue weighted by molar-refractivity contribution is -0.132. The topological polar surface area (TPSA) is 79.7 Å². The molecule has 1 unspecified atom stereocenters. The molecule has 31 heavy (non-hydrogen) atoms. The third-order valence-corrected chi connectivity index (χ3v) is 5.39. The first-order chi connectivity index (χ1) is 14.9. The van der Waals surface area contributed by atoms with Gasteiger partial charge >= 0.3 is 0 Å². The Balaban J connectivity index is 1.99. The summed E-state index contributed by atoms with van der Waals surface area (Å²) in [5.41, 5.74) is 3.29. The summed E-state index contributed by atoms with van der Waals surface area (Å²) in [6.07, 6.45) is 1.60. The Bertz CT molecular complexity index is 1200. The van der Waals surface area contributed by atoms with Gasteiger partial charge in [-0.1, -0.05) is 35.9 Å². The predicted octanol–water partition coefficient (Wildman–Crippen LogP) is 4.33. The maximum Gasteiger partial charge on any atom is 0.300 e. The van der Waals surface area contributed by atoms with Gasteiger partial charge in [0.2, 0.25) is 0 Å². The van der Waals surface area contributed by atoms with Gasteiger partial charge in [0.25, 0.3) is 11.7 Å². The molecule has 6 heteroatoms. The van der Waals surface area contributed by atoms with Crippen molar-refractivity contribution in [2.75, 3.05) is 12.0 Å². The van der Waals surface area contributed by atoms with Gasteiger partial charge in [-0.25, -0.2) is 0 Å². The highest BCUT2D eigenvalue weighted by molar-refractivity contribution is 6.51. The zero-order valence-corrected chi connectivity index (χ0v) is 17.5. The summed E-state index contributed by atoms with van der Waals surface area (Å²) in [6, 6.07) is 16.9. The molecule has 1 amide bonds. The predicted molar refractivity (Wildman–Crippen MR) is 118 cm³/mol. The number of aryl methyl sites for hydroxylation is 2. The molecule has 2 heterocycles. The van der Waals surface area contributed by atoms with E-state index < -0.39 is 17.7 Å². The molecule has 0 radical (unpaired) electrons. The highest BCUT2D eigenvalue weighted by atomic mass is 16.5. The number of aromatic nitrogens is 1. The first-order valence-electron chi connectivity index (χ1n) is 9.86. The highest BCUT2D eigenvalue weighted by Crippen LogP contribution is 2.43. The van der Waals surface area contributed by atoms with Crippen LogP contribution in [-0.2, 0) is 9.59 Å². The molecule has 156 valence electrons. The number of amides is 1. The SMILES string of the molecule is COc1ccccc1/C(O)=C1\C(=O)C(=O)N(c2ccc(C)cc2C)C1c1ccccn1. The summed E-state index contributed by atoms with van der Waals surface area (Å²) in [4.78, 5) is 32.2. The molecule has 0 saturated carbocycles. The Labute approximate surface area is 180 Å². The van der Waals surface area contributed by atoms with E-state index >= 15 is 0 Å². The Hall–Kier alpha value is -3.93. The second kappa shape index (κ2) is 8.07. The fourth-order valence-corrected chi connectivity index (χ4v) is 3.96. The maximum atomic E-state index is 13.2. The lowest BCUT2D eigenvalue weighted by atomic mass is 9.97. The van der Waals surface area contributed by atoms with E-state index in [2.05, 4.69) is 4.98 Å². The van der Waals surface area contributed by atoms with Crippen LogP contribution in [0.25, 0.3) is 5.76 Å². The van der Waals surface area contributed by atoms with Crippen LogP contribution in [0.5, 0.6) is 5.75 Å². The average molecular weight is 414 g/mol. The molecular weight excluding hydrogens is 392 g/mol. The highest BCUT2D eigenvalue weighted by Gasteiger charge is 2.48. The lowest BCUT2D eigenvalue weighted by Crippen LogP contribution is -2.30. The summed E-state index contributed by atoms with van der Waals surface area (Å²) in [5.74, 6) is -1.37. The number of para-hydroxylation sites is 1. The average Bonchev–Trinajstić information content (AvgIpc) is 3.04. The van der Waals surface area contributed by atoms with Gasteiger partial charge < -0.3 is 9.84 Å². The van der Waals surface area contributed by atoms with Crippen molar-refractivity contribution in [2.45, 2.75) is 19.9 Å². The first kappa shape index (κ1) is 20.3. The lowest BCUT2D eigenvalue weighted by Gasteiger charge is -2.26. The maximum absolute atomic E-state index is 13.2. The molecule has 4 rings (SSSR count). The molecule has 3 aromatic rings. The minimum absolute atomic E-state index is 0.0202. The molecule has 1 aromatic heterocycles. The van der Waals surface area contributed by atoms with E-state index in [-0.39, 0.29) is 11.3 Å². The molecule has 1 N–H and O–H groups in total. The molecule has 0 bridgehead atoms. The Morgan fingerprint density at radius 2 is 1.77 bits per heavy atom. The van der Waals surface area contributed by atoms with Gasteiger partial charge in [0.05, 0.1) is 23.9 Å². The number of ether oxygens (including phenoxy) is 1. The van der Waals surface area contributed by atoms with Gasteiger partial charge in [0, 0.05) is 11.9 Å². The van der Waals surface area contributed by atoms with E-state index in [0.717, 1.165) is 11.1 Å². The molecule has 0 spiro atoms. The van der Waals surface area contributed by atoms with Crippen molar-refractivity contribution >= 4 is 23.1 Å². The van der Waals surface area contributed by atoms with Crippen LogP contribution in [-0.4, -0.2) is 28.9 Å². The molecule has 1 aliphatic heterocycles. The summed E-state index contributed by atoms with van der Waals surface area (Å²) in [7, 11) is 1.48. The quantitative estimate of drug-likeness (QED) is 0.390. The van der Waals surface area contributed by atoms with Crippen LogP contribution in [0.15, 0.2) is 72.4 Å². The van der Waals surface area contributed by atoms with Gasteiger partial charge in [-0.05, 0) is 49.7 Å². The number of aliphatic hydroxyl groups is 1. The molecule has 2 aromatic carbocycles. The first-order valence-corrected chi connectivity index (χ1v) is 9.86. The van der Waals surface area contributed by atoms with Crippen LogP contribution < -0.4 is 9.64 Å². The summed E-state index contributed by atoms with van der Waals surface area (Å²) < 4.78 is 5.35. The zero-order chi connectivity index (χ0) is 22.1. The molecule has 1 atom stereocenters. The summed E-state index contributed by atoms with van der Waals surface area (Å²) >= 11 is 0. The third kappa shape index (κ3) is 3.46. The van der Waals surface area contributed by atoms with Gasteiger partial charge in [-0.15, -0.1) is 0 Å². The standard InChI is InChI=1S/C25H22N2O4/c1-15-11-12-19(16(2)14-15)27-22(18-9-6-7-13-26-18)21(24(29)25(27)30)23(28)17-8-4-5-10-20(17)31-3/h4-14,22,28H,1-3H3/b23-21+. The molecule has 6 nitrogen and oxygen atoms in total. The van der Waals surface area contributed by atoms with E-state index in [1.165, 1.54) is 12.0 Å². The number of ketones is 1. The fourth-order valence-electron chi connectivity index (χ4n) is 3.96. The number of nitrogens with zero attached hydrogens (tertiary/aromatic N) is 2. The van der Waals surface area contributed by atoms with Crippen molar-refractivity contribution in [3.63, 3.8) is 0 Å². The van der Waals surface area contributed by atoms with Gasteiger partial charge in [0.1, 0.15) is 17.6 Å². The number of carbonyl (C=O) groups excluding carboxylic acids is 2. The third-order valence-electron chi connectivity index (χ3n) is 5.39. The van der Waals surface area contributed by atoms with Crippen molar-refractivity contribution in [2.24, 2.45) is 0 Å². The molecule has 0 aliphatic carbocycles. The summed E-state index contributed by atoms with van der Waals surface area (Å²) in [6.45, 7) is 3.85. The number of Topliss-reactive ketones (excluding diaryl/α,β-unsaturated/α-hetero) is 1. The number of benzene rings is 2. The minimum Gasteiger partial charge on any atom is -0.507 e. The monoisotopic (exact) mass is 414 g/mol. The number of anilines is 1. The number of pyridine rings is 1. The molecular formula is C25H22N2O4. The van der Waals surface area contributed by atoms with E-state index in [4.69, 9.17) is 4.74 Å². The normalized spacial score (nSPS) is 17.8. The van der Waals surface area contributed by atoms with Crippen LogP contribution in [0.1, 0.15) is 28.4 Å². The second-order valence-electron chi connectivity index (χ2n) is 7.41. The van der Waals surface area contributed by atoms with Gasteiger partial charge in [-0.2, -0.15) is 0 Å². The van der Waals surface area contributed by atoms with Crippen LogP contribution in [0.3, 0.4) is 0 Å². The number of aliphatic hydroxyl groups excluding tert-OH is 1. The fraction of sp³-hybridized carbons (Fsp3) is 0.160. The summed E-state index contributed by atoms with van der Waals surface area (Å²) in [5, 5.41) is 11.2. The van der Waals surface area contributed by atoms with E-state index in [9.17, 15) is 14.7 Å². The van der Waals surface area contributed by atoms with Gasteiger partial charge in [-0.3, -0.25) is 19.5 Å². The van der Waals surface area contributed by atoms with Crippen molar-refractivity contribution in [3.05, 3.63) is 94.8 Å². The van der Waals surface area contributed by atoms with Crippen molar-refractivity contribution in [1.82, 2.24) is 4.98 Å². The molecule has 1 fully saturated rings. The Morgan fingerprint density at radius 1 is 1.03 bits per heavy atom. The Morgan fingerprint density at radius 3 is 2.45 bits per heavy atom. The second-order valence-corrected chi connectivity index (χ2v) is 7.41. The number of hydrogen-bond donors (Lipinski definition) is 1. The van der Waals surface area contributed by atoms with Crippen molar-refractivity contribution in [1.29, 1.82) is 0 Å². The Kier molecular flexibility index (Phi) is 5.29. The van der Waals surface area contributed by atoms with E-state index in [0.29, 0.717) is 22.7 Å². The van der Waals surface area contributed by atoms with E-state index in [1.807, 2.05) is 32.0 Å². The number of hydrogen-bond acceptors (Lipinski definition) is 5. The number of methoxy groups -OCH3 is 1. The zero-order valence-electron chi connectivity index (χ0n) is 17.5. The smallest absolute Gasteiger partial charge is 0.300 e. The number of carbonyl (C=O) groups is 2. The van der Waals surface area contributed by atoms with Crippen LogP contribution in [0.2, 0.25) is 0 Å². The molecule has 1 saturated heterocycles. The molecule has 1 aliphatic rings. The number of rotatable bonds is 4. The van der Waals surface area contributed by atoms with Crippen LogP contribution in [0, 0.1) is 13.8 Å². The van der Waals surface area contributed by atoms with Crippen molar-refractivity contribution in [3.8, 4) is 5.75 Å². The van der Waals surface area contributed by atoms with Crippen LogP contribution in [0.4, 0.5) is 5.69 Å².